The second-order valence-corrected chi connectivity index (χ2v) is 4.61. The Kier molecular flexibility index (Phi) is 3.80. The first-order valence-electron chi connectivity index (χ1n) is 6.04. The van der Waals surface area contributed by atoms with E-state index in [0.29, 0.717) is 6.54 Å². The van der Waals surface area contributed by atoms with Crippen LogP contribution >= 0.6 is 0 Å². The molecule has 5 heteroatoms. The fraction of sp³-hybridized carbons (Fsp3) is 0.538. The van der Waals surface area contributed by atoms with Crippen LogP contribution in [0.4, 0.5) is 13.2 Å². The Hall–Kier alpha value is -1.23. The summed E-state index contributed by atoms with van der Waals surface area (Å²) >= 11 is 0. The van der Waals surface area contributed by atoms with Gasteiger partial charge in [-0.2, -0.15) is 13.2 Å². The first-order chi connectivity index (χ1) is 8.50. The number of benzene rings is 1. The highest BCUT2D eigenvalue weighted by atomic mass is 19.4. The molecule has 1 aromatic rings. The molecule has 1 fully saturated rings. The van der Waals surface area contributed by atoms with Crippen molar-refractivity contribution in [3.8, 4) is 5.75 Å². The van der Waals surface area contributed by atoms with Crippen LogP contribution in [0.2, 0.25) is 0 Å². The van der Waals surface area contributed by atoms with Gasteiger partial charge in [0, 0.05) is 5.92 Å². The van der Waals surface area contributed by atoms with Gasteiger partial charge in [-0.25, -0.2) is 0 Å². The Labute approximate surface area is 104 Å². The first kappa shape index (κ1) is 13.2. The van der Waals surface area contributed by atoms with Crippen molar-refractivity contribution in [3.05, 3.63) is 29.8 Å². The summed E-state index contributed by atoms with van der Waals surface area (Å²) in [5.41, 5.74) is 4.94. The Bertz CT molecular complexity index is 405. The highest BCUT2D eigenvalue weighted by Gasteiger charge is 2.32. The van der Waals surface area contributed by atoms with E-state index in [9.17, 15) is 13.2 Å². The molecule has 1 saturated carbocycles. The fourth-order valence-corrected chi connectivity index (χ4v) is 2.35. The minimum atomic E-state index is -4.33. The van der Waals surface area contributed by atoms with Gasteiger partial charge >= 0.3 is 6.18 Å². The lowest BCUT2D eigenvalue weighted by Gasteiger charge is -2.20. The molecule has 0 bridgehead atoms. The molecule has 2 nitrogen and oxygen atoms in total. The van der Waals surface area contributed by atoms with Crippen molar-refractivity contribution in [3.63, 3.8) is 0 Å². The molecule has 0 amide bonds. The fourth-order valence-electron chi connectivity index (χ4n) is 2.35. The molecule has 0 aliphatic heterocycles. The van der Waals surface area contributed by atoms with Crippen molar-refractivity contribution in [2.75, 3.05) is 6.54 Å². The zero-order valence-corrected chi connectivity index (χ0v) is 9.91. The molecule has 2 rings (SSSR count). The quantitative estimate of drug-likeness (QED) is 0.904. The smallest absolute Gasteiger partial charge is 0.416 e. The van der Waals surface area contributed by atoms with E-state index in [1.165, 1.54) is 6.07 Å². The zero-order valence-electron chi connectivity index (χ0n) is 9.91. The summed E-state index contributed by atoms with van der Waals surface area (Å²) in [4.78, 5) is 0. The topological polar surface area (TPSA) is 35.2 Å². The SMILES string of the molecule is NCC1CCCC1Oc1cccc(C(F)(F)F)c1. The standard InChI is InChI=1S/C13H16F3NO/c14-13(15,16)10-4-2-5-11(7-10)18-12-6-1-3-9(12)8-17/h2,4-5,7,9,12H,1,3,6,8,17H2. The predicted molar refractivity (Wildman–Crippen MR) is 62.3 cm³/mol. The predicted octanol–water partition coefficient (Wildman–Crippen LogP) is 3.21. The van der Waals surface area contributed by atoms with E-state index in [1.807, 2.05) is 0 Å². The molecule has 0 spiro atoms. The molecule has 1 aromatic carbocycles. The van der Waals surface area contributed by atoms with E-state index in [-0.39, 0.29) is 17.8 Å². The average molecular weight is 259 g/mol. The lowest BCUT2D eigenvalue weighted by Crippen LogP contribution is -2.27. The zero-order chi connectivity index (χ0) is 13.2. The van der Waals surface area contributed by atoms with E-state index >= 15 is 0 Å². The van der Waals surface area contributed by atoms with Crippen LogP contribution in [0.5, 0.6) is 5.75 Å². The lowest BCUT2D eigenvalue weighted by molar-refractivity contribution is -0.137. The third kappa shape index (κ3) is 2.96. The van der Waals surface area contributed by atoms with Gasteiger partial charge in [-0.15, -0.1) is 0 Å². The van der Waals surface area contributed by atoms with Crippen LogP contribution < -0.4 is 10.5 Å². The van der Waals surface area contributed by atoms with Gasteiger partial charge in [0.2, 0.25) is 0 Å². The molecule has 100 valence electrons. The van der Waals surface area contributed by atoms with Crippen molar-refractivity contribution in [2.45, 2.75) is 31.5 Å². The summed E-state index contributed by atoms with van der Waals surface area (Å²) in [5, 5.41) is 0. The molecule has 0 radical (unpaired) electrons. The van der Waals surface area contributed by atoms with Crippen molar-refractivity contribution < 1.29 is 17.9 Å². The van der Waals surface area contributed by atoms with Gasteiger partial charge in [0.05, 0.1) is 5.56 Å². The number of hydrogen-bond donors (Lipinski definition) is 1. The van der Waals surface area contributed by atoms with Gasteiger partial charge in [-0.1, -0.05) is 6.07 Å². The molecule has 2 N–H and O–H groups in total. The number of ether oxygens (including phenoxy) is 1. The van der Waals surface area contributed by atoms with Crippen LogP contribution in [0.1, 0.15) is 24.8 Å². The van der Waals surface area contributed by atoms with Crippen molar-refractivity contribution in [2.24, 2.45) is 11.7 Å². The van der Waals surface area contributed by atoms with Crippen LogP contribution in [-0.4, -0.2) is 12.6 Å². The normalized spacial score (nSPS) is 24.2. The lowest BCUT2D eigenvalue weighted by atomic mass is 10.1. The molecule has 2 unspecified atom stereocenters. The number of hydrogen-bond acceptors (Lipinski definition) is 2. The largest absolute Gasteiger partial charge is 0.490 e. The molecule has 2 atom stereocenters. The third-order valence-electron chi connectivity index (χ3n) is 3.34. The van der Waals surface area contributed by atoms with Crippen LogP contribution in [-0.2, 0) is 6.18 Å². The van der Waals surface area contributed by atoms with Gasteiger partial charge < -0.3 is 10.5 Å². The maximum atomic E-state index is 12.5. The molecular formula is C13H16F3NO. The van der Waals surface area contributed by atoms with E-state index in [1.54, 1.807) is 6.07 Å². The van der Waals surface area contributed by atoms with E-state index in [4.69, 9.17) is 10.5 Å². The maximum Gasteiger partial charge on any atom is 0.416 e. The van der Waals surface area contributed by atoms with E-state index in [2.05, 4.69) is 0 Å². The Morgan fingerprint density at radius 1 is 1.28 bits per heavy atom. The number of halogens is 3. The summed E-state index contributed by atoms with van der Waals surface area (Å²) in [6.45, 7) is 0.517. The summed E-state index contributed by atoms with van der Waals surface area (Å²) in [7, 11) is 0. The highest BCUT2D eigenvalue weighted by molar-refractivity contribution is 5.30. The Morgan fingerprint density at radius 2 is 2.06 bits per heavy atom. The third-order valence-corrected chi connectivity index (χ3v) is 3.34. The average Bonchev–Trinajstić information content (AvgIpc) is 2.75. The minimum absolute atomic E-state index is 0.0570. The van der Waals surface area contributed by atoms with Gasteiger partial charge in [-0.05, 0) is 44.0 Å². The van der Waals surface area contributed by atoms with Crippen molar-refractivity contribution in [1.82, 2.24) is 0 Å². The summed E-state index contributed by atoms with van der Waals surface area (Å²) < 4.78 is 43.3. The monoisotopic (exact) mass is 259 g/mol. The number of nitrogens with two attached hydrogens (primary N) is 1. The first-order valence-corrected chi connectivity index (χ1v) is 6.04. The summed E-state index contributed by atoms with van der Waals surface area (Å²) in [6.07, 6.45) is -1.52. The van der Waals surface area contributed by atoms with Gasteiger partial charge in [0.1, 0.15) is 11.9 Å². The second-order valence-electron chi connectivity index (χ2n) is 4.61. The molecule has 18 heavy (non-hydrogen) atoms. The minimum Gasteiger partial charge on any atom is -0.490 e. The molecule has 0 heterocycles. The highest BCUT2D eigenvalue weighted by Crippen LogP contribution is 2.33. The molecular weight excluding hydrogens is 243 g/mol. The Morgan fingerprint density at radius 3 is 2.72 bits per heavy atom. The van der Waals surface area contributed by atoms with Crippen LogP contribution in [0.3, 0.4) is 0 Å². The molecule has 0 aromatic heterocycles. The maximum absolute atomic E-state index is 12.5. The van der Waals surface area contributed by atoms with Gasteiger partial charge in [0.25, 0.3) is 0 Å². The molecule has 0 saturated heterocycles. The summed E-state index contributed by atoms with van der Waals surface area (Å²) in [6, 6.07) is 5.01. The van der Waals surface area contributed by atoms with E-state index < -0.39 is 11.7 Å². The van der Waals surface area contributed by atoms with E-state index in [0.717, 1.165) is 31.4 Å². The van der Waals surface area contributed by atoms with Crippen LogP contribution in [0.25, 0.3) is 0 Å². The summed E-state index contributed by atoms with van der Waals surface area (Å²) in [5.74, 6) is 0.523. The second kappa shape index (κ2) is 5.18. The van der Waals surface area contributed by atoms with Gasteiger partial charge in [-0.3, -0.25) is 0 Å². The Balaban J connectivity index is 2.10. The van der Waals surface area contributed by atoms with Gasteiger partial charge in [0.15, 0.2) is 0 Å². The van der Waals surface area contributed by atoms with Crippen molar-refractivity contribution in [1.29, 1.82) is 0 Å². The number of rotatable bonds is 3. The molecule has 1 aliphatic carbocycles. The molecule has 1 aliphatic rings. The number of alkyl halides is 3. The van der Waals surface area contributed by atoms with Crippen LogP contribution in [0.15, 0.2) is 24.3 Å². The van der Waals surface area contributed by atoms with Crippen LogP contribution in [0, 0.1) is 5.92 Å². The van der Waals surface area contributed by atoms with Crippen molar-refractivity contribution >= 4 is 0 Å².